The normalized spacial score (nSPS) is 11.8. The Morgan fingerprint density at radius 1 is 1.00 bits per heavy atom. The molecule has 4 heteroatoms. The molecule has 0 amide bonds. The summed E-state index contributed by atoms with van der Waals surface area (Å²) < 4.78 is 10.6. The van der Waals surface area contributed by atoms with Crippen LogP contribution < -0.4 is 14.8 Å². The van der Waals surface area contributed by atoms with Gasteiger partial charge in [-0.1, -0.05) is 17.7 Å². The van der Waals surface area contributed by atoms with Gasteiger partial charge < -0.3 is 19.9 Å². The van der Waals surface area contributed by atoms with Gasteiger partial charge in [-0.15, -0.1) is 0 Å². The number of aryl methyl sites for hydroxylation is 1. The van der Waals surface area contributed by atoms with Crippen LogP contribution in [0.1, 0.15) is 5.56 Å². The fourth-order valence-corrected chi connectivity index (χ4v) is 1.83. The number of methoxy groups -OCH3 is 1. The average molecular weight is 287 g/mol. The fourth-order valence-electron chi connectivity index (χ4n) is 1.83. The predicted octanol–water partition coefficient (Wildman–Crippen LogP) is 2.86. The summed E-state index contributed by atoms with van der Waals surface area (Å²) in [5.41, 5.74) is 2.12. The van der Waals surface area contributed by atoms with E-state index < -0.39 is 6.10 Å². The Bertz CT molecular complexity index is 537. The highest BCUT2D eigenvalue weighted by atomic mass is 16.5. The van der Waals surface area contributed by atoms with Gasteiger partial charge in [-0.2, -0.15) is 0 Å². The molecule has 0 heterocycles. The third-order valence-corrected chi connectivity index (χ3v) is 3.10. The molecule has 0 fully saturated rings. The van der Waals surface area contributed by atoms with Gasteiger partial charge in [0.15, 0.2) is 0 Å². The highest BCUT2D eigenvalue weighted by Gasteiger charge is 2.05. The van der Waals surface area contributed by atoms with Crippen molar-refractivity contribution in [1.82, 2.24) is 0 Å². The van der Waals surface area contributed by atoms with Crippen LogP contribution in [0.4, 0.5) is 5.69 Å². The topological polar surface area (TPSA) is 50.7 Å². The minimum atomic E-state index is -0.576. The van der Waals surface area contributed by atoms with Crippen molar-refractivity contribution in [2.75, 3.05) is 25.6 Å². The summed E-state index contributed by atoms with van der Waals surface area (Å²) in [5.74, 6) is 1.58. The number of nitrogens with one attached hydrogen (secondary N) is 1. The molecule has 0 aromatic heterocycles. The van der Waals surface area contributed by atoms with Crippen molar-refractivity contribution in [1.29, 1.82) is 0 Å². The first-order valence-corrected chi connectivity index (χ1v) is 6.93. The van der Waals surface area contributed by atoms with Crippen molar-refractivity contribution < 1.29 is 14.6 Å². The van der Waals surface area contributed by atoms with Crippen LogP contribution in [0.25, 0.3) is 0 Å². The van der Waals surface area contributed by atoms with Crippen LogP contribution in [-0.2, 0) is 0 Å². The molecule has 0 bridgehead atoms. The SMILES string of the molecule is COc1ccc(NC[C@H](O)COc2ccc(C)cc2)cc1. The van der Waals surface area contributed by atoms with Gasteiger partial charge in [-0.25, -0.2) is 0 Å². The maximum atomic E-state index is 9.91. The number of ether oxygens (including phenoxy) is 2. The molecule has 2 rings (SSSR count). The summed E-state index contributed by atoms with van der Waals surface area (Å²) in [7, 11) is 1.63. The predicted molar refractivity (Wildman–Crippen MR) is 84.2 cm³/mol. The maximum absolute atomic E-state index is 9.91. The third-order valence-electron chi connectivity index (χ3n) is 3.10. The van der Waals surface area contributed by atoms with Gasteiger partial charge in [-0.3, -0.25) is 0 Å². The second kappa shape index (κ2) is 7.55. The molecule has 2 aromatic rings. The van der Waals surface area contributed by atoms with Crippen molar-refractivity contribution in [3.63, 3.8) is 0 Å². The van der Waals surface area contributed by atoms with E-state index >= 15 is 0 Å². The van der Waals surface area contributed by atoms with Crippen LogP contribution in [0.3, 0.4) is 0 Å². The zero-order valence-electron chi connectivity index (χ0n) is 12.4. The van der Waals surface area contributed by atoms with E-state index in [1.165, 1.54) is 5.56 Å². The summed E-state index contributed by atoms with van der Waals surface area (Å²) in [4.78, 5) is 0. The first-order valence-electron chi connectivity index (χ1n) is 6.93. The minimum Gasteiger partial charge on any atom is -0.497 e. The van der Waals surface area contributed by atoms with Gasteiger partial charge in [0.2, 0.25) is 0 Å². The molecule has 4 nitrogen and oxygen atoms in total. The summed E-state index contributed by atoms with van der Waals surface area (Å²) in [6.07, 6.45) is -0.576. The highest BCUT2D eigenvalue weighted by molar-refractivity contribution is 5.46. The Labute approximate surface area is 125 Å². The van der Waals surface area contributed by atoms with Crippen LogP contribution in [0.5, 0.6) is 11.5 Å². The Morgan fingerprint density at radius 2 is 1.62 bits per heavy atom. The number of hydrogen-bond donors (Lipinski definition) is 2. The first-order chi connectivity index (χ1) is 10.2. The molecule has 2 N–H and O–H groups in total. The molecule has 2 aromatic carbocycles. The molecule has 1 atom stereocenters. The van der Waals surface area contributed by atoms with Crippen molar-refractivity contribution in [3.8, 4) is 11.5 Å². The molecule has 0 radical (unpaired) electrons. The molecule has 0 saturated heterocycles. The number of anilines is 1. The molecule has 112 valence electrons. The van der Waals surface area contributed by atoms with Crippen molar-refractivity contribution in [2.24, 2.45) is 0 Å². The Balaban J connectivity index is 1.73. The van der Waals surface area contributed by atoms with Gasteiger partial charge >= 0.3 is 0 Å². The molecular weight excluding hydrogens is 266 g/mol. The van der Waals surface area contributed by atoms with Gasteiger partial charge in [0.05, 0.1) is 7.11 Å². The van der Waals surface area contributed by atoms with Crippen molar-refractivity contribution in [3.05, 3.63) is 54.1 Å². The quantitative estimate of drug-likeness (QED) is 0.822. The van der Waals surface area contributed by atoms with E-state index in [9.17, 15) is 5.11 Å². The summed E-state index contributed by atoms with van der Waals surface area (Å²) in [5, 5.41) is 13.1. The smallest absolute Gasteiger partial charge is 0.119 e. The zero-order valence-corrected chi connectivity index (χ0v) is 12.4. The van der Waals surface area contributed by atoms with E-state index in [4.69, 9.17) is 9.47 Å². The van der Waals surface area contributed by atoms with E-state index in [1.807, 2.05) is 55.5 Å². The summed E-state index contributed by atoms with van der Waals surface area (Å²) in [6.45, 7) is 2.71. The Kier molecular flexibility index (Phi) is 5.46. The number of aliphatic hydroxyl groups excluding tert-OH is 1. The van der Waals surface area contributed by atoms with Crippen molar-refractivity contribution >= 4 is 5.69 Å². The van der Waals surface area contributed by atoms with E-state index in [1.54, 1.807) is 7.11 Å². The number of hydrogen-bond acceptors (Lipinski definition) is 4. The van der Waals surface area contributed by atoms with E-state index in [-0.39, 0.29) is 6.61 Å². The Morgan fingerprint density at radius 3 is 2.24 bits per heavy atom. The van der Waals surface area contributed by atoms with Gasteiger partial charge in [-0.05, 0) is 43.3 Å². The molecule has 0 saturated carbocycles. The summed E-state index contributed by atoms with van der Waals surface area (Å²) in [6, 6.07) is 15.3. The second-order valence-electron chi connectivity index (χ2n) is 4.89. The molecule has 0 aliphatic heterocycles. The first kappa shape index (κ1) is 15.2. The Hall–Kier alpha value is -2.20. The molecule has 21 heavy (non-hydrogen) atoms. The monoisotopic (exact) mass is 287 g/mol. The van der Waals surface area contributed by atoms with Crippen LogP contribution >= 0.6 is 0 Å². The largest absolute Gasteiger partial charge is 0.497 e. The minimum absolute atomic E-state index is 0.256. The maximum Gasteiger partial charge on any atom is 0.119 e. The van der Waals surface area contributed by atoms with E-state index in [0.717, 1.165) is 17.2 Å². The average Bonchev–Trinajstić information content (AvgIpc) is 2.53. The van der Waals surface area contributed by atoms with E-state index in [2.05, 4.69) is 5.32 Å². The lowest BCUT2D eigenvalue weighted by molar-refractivity contribution is 0.117. The van der Waals surface area contributed by atoms with Gasteiger partial charge in [0.25, 0.3) is 0 Å². The second-order valence-corrected chi connectivity index (χ2v) is 4.89. The van der Waals surface area contributed by atoms with Crippen LogP contribution in [0.2, 0.25) is 0 Å². The molecule has 0 aliphatic rings. The van der Waals surface area contributed by atoms with Crippen molar-refractivity contribution in [2.45, 2.75) is 13.0 Å². The third kappa shape index (κ3) is 5.00. The van der Waals surface area contributed by atoms with E-state index in [0.29, 0.717) is 6.54 Å². The van der Waals surface area contributed by atoms with Gasteiger partial charge in [0.1, 0.15) is 24.2 Å². The molecular formula is C17H21NO3. The number of aliphatic hydroxyl groups is 1. The van der Waals surface area contributed by atoms with Gasteiger partial charge in [0, 0.05) is 12.2 Å². The fraction of sp³-hybridized carbons (Fsp3) is 0.294. The number of rotatable bonds is 7. The molecule has 0 aliphatic carbocycles. The molecule has 0 spiro atoms. The standard InChI is InChI=1S/C17H21NO3/c1-13-3-7-17(8-4-13)21-12-15(19)11-18-14-5-9-16(20-2)10-6-14/h3-10,15,18-19H,11-12H2,1-2H3/t15-/m0/s1. The lowest BCUT2D eigenvalue weighted by Crippen LogP contribution is -2.26. The highest BCUT2D eigenvalue weighted by Crippen LogP contribution is 2.15. The molecule has 0 unspecified atom stereocenters. The van der Waals surface area contributed by atoms with Crippen LogP contribution in [-0.4, -0.2) is 31.5 Å². The van der Waals surface area contributed by atoms with Crippen LogP contribution in [0.15, 0.2) is 48.5 Å². The van der Waals surface area contributed by atoms with Crippen LogP contribution in [0, 0.1) is 6.92 Å². The lowest BCUT2D eigenvalue weighted by atomic mass is 10.2. The lowest BCUT2D eigenvalue weighted by Gasteiger charge is -2.14. The number of benzene rings is 2. The zero-order chi connectivity index (χ0) is 15.1. The summed E-state index contributed by atoms with van der Waals surface area (Å²) >= 11 is 0.